The Balaban J connectivity index is 1.29. The number of esters is 1. The number of para-hydroxylation sites is 2. The van der Waals surface area contributed by atoms with E-state index in [9.17, 15) is 14.4 Å². The number of anilines is 2. The summed E-state index contributed by atoms with van der Waals surface area (Å²) in [4.78, 5) is 41.8. The molecule has 1 N–H and O–H groups in total. The van der Waals surface area contributed by atoms with Crippen molar-refractivity contribution in [1.82, 2.24) is 5.32 Å². The van der Waals surface area contributed by atoms with Gasteiger partial charge in [-0.1, -0.05) is 35.3 Å². The van der Waals surface area contributed by atoms with Gasteiger partial charge in [-0.15, -0.1) is 11.3 Å². The van der Waals surface area contributed by atoms with Crippen molar-refractivity contribution < 1.29 is 23.9 Å². The molecule has 0 saturated heterocycles. The van der Waals surface area contributed by atoms with Gasteiger partial charge in [-0.3, -0.25) is 14.4 Å². The molecular weight excluding hydrogens is 573 g/mol. The molecule has 0 radical (unpaired) electrons. The summed E-state index contributed by atoms with van der Waals surface area (Å²) in [6.07, 6.45) is 5.10. The van der Waals surface area contributed by atoms with E-state index < -0.39 is 11.9 Å². The Morgan fingerprint density at radius 1 is 1.05 bits per heavy atom. The Bertz CT molecular complexity index is 1470. The maximum absolute atomic E-state index is 13.7. The first-order valence-corrected chi connectivity index (χ1v) is 14.5. The van der Waals surface area contributed by atoms with Crippen LogP contribution in [0.25, 0.3) is 6.08 Å². The molecule has 3 aromatic rings. The molecule has 1 aliphatic heterocycles. The third kappa shape index (κ3) is 6.27. The Labute approximate surface area is 246 Å². The lowest BCUT2D eigenvalue weighted by Gasteiger charge is -2.37. The number of hydrogen-bond donors (Lipinski definition) is 1. The summed E-state index contributed by atoms with van der Waals surface area (Å²) >= 11 is 14.2. The highest BCUT2D eigenvalue weighted by atomic mass is 35.5. The maximum Gasteiger partial charge on any atom is 0.325 e. The Morgan fingerprint density at radius 2 is 1.82 bits per heavy atom. The van der Waals surface area contributed by atoms with Gasteiger partial charge in [-0.25, -0.2) is 0 Å². The molecule has 0 atom stereocenters. The molecule has 5 rings (SSSR count). The predicted octanol–water partition coefficient (Wildman–Crippen LogP) is 6.17. The van der Waals surface area contributed by atoms with Crippen molar-refractivity contribution in [2.45, 2.75) is 25.8 Å². The molecule has 0 bridgehead atoms. The Kier molecular flexibility index (Phi) is 8.63. The molecule has 1 fully saturated rings. The predicted molar refractivity (Wildman–Crippen MR) is 158 cm³/mol. The highest BCUT2D eigenvalue weighted by molar-refractivity contribution is 7.12. The van der Waals surface area contributed by atoms with Gasteiger partial charge < -0.3 is 24.6 Å². The number of nitrogens with zero attached hydrogens (tertiary/aromatic N) is 2. The average Bonchev–Trinajstić information content (AvgIpc) is 3.69. The summed E-state index contributed by atoms with van der Waals surface area (Å²) in [5.41, 5.74) is 2.46. The molecule has 11 heteroatoms. The molecule has 40 heavy (non-hydrogen) atoms. The minimum Gasteiger partial charge on any atom is -0.465 e. The molecule has 0 unspecified atom stereocenters. The Morgan fingerprint density at radius 3 is 2.58 bits per heavy atom. The number of benzene rings is 2. The van der Waals surface area contributed by atoms with E-state index in [0.717, 1.165) is 17.9 Å². The van der Waals surface area contributed by atoms with Gasteiger partial charge in [0.1, 0.15) is 17.2 Å². The van der Waals surface area contributed by atoms with Crippen LogP contribution < -0.4 is 19.9 Å². The second-order valence-corrected chi connectivity index (χ2v) is 11.0. The number of thiophene rings is 1. The largest absolute Gasteiger partial charge is 0.465 e. The topological polar surface area (TPSA) is 88.2 Å². The SMILES string of the molecule is CCOC(=O)CNC(=O)C=Cc1cc(Cl)c(Oc2ccsc2C(=O)N2CCN(C3CC3)c3ccccc32)cc1Cl. The molecule has 208 valence electrons. The number of amides is 2. The molecule has 2 amide bonds. The second-order valence-electron chi connectivity index (χ2n) is 9.25. The van der Waals surface area contributed by atoms with E-state index in [2.05, 4.69) is 16.3 Å². The molecule has 2 heterocycles. The first-order chi connectivity index (χ1) is 19.4. The van der Waals surface area contributed by atoms with Gasteiger partial charge >= 0.3 is 5.97 Å². The van der Waals surface area contributed by atoms with Crippen LogP contribution >= 0.6 is 34.5 Å². The minimum atomic E-state index is -0.525. The summed E-state index contributed by atoms with van der Waals surface area (Å²) in [7, 11) is 0. The number of hydrogen-bond acceptors (Lipinski definition) is 7. The number of halogens is 2. The summed E-state index contributed by atoms with van der Waals surface area (Å²) in [6.45, 7) is 3.06. The third-order valence-electron chi connectivity index (χ3n) is 6.50. The Hall–Kier alpha value is -3.53. The zero-order valence-corrected chi connectivity index (χ0v) is 24.0. The number of carbonyl (C=O) groups excluding carboxylic acids is 3. The van der Waals surface area contributed by atoms with Crippen LogP contribution in [0, 0.1) is 0 Å². The smallest absolute Gasteiger partial charge is 0.325 e. The molecule has 2 aliphatic rings. The fourth-order valence-corrected chi connectivity index (χ4v) is 5.67. The normalized spacial score (nSPS) is 14.7. The molecule has 2 aromatic carbocycles. The zero-order valence-electron chi connectivity index (χ0n) is 21.7. The van der Waals surface area contributed by atoms with Gasteiger partial charge in [0.25, 0.3) is 5.91 Å². The first kappa shape index (κ1) is 28.0. The standard InChI is InChI=1S/C29H27Cl2N3O5S/c1-2-38-27(36)17-32-26(35)10-7-18-15-21(31)25(16-20(18)30)39-24-11-14-40-28(24)29(37)34-13-12-33(19-8-9-19)22-5-3-4-6-23(22)34/h3-7,10-11,14-16,19H,2,8-9,12-13,17H2,1H3,(H,32,35). The van der Waals surface area contributed by atoms with Crippen LogP contribution in [0.15, 0.2) is 53.9 Å². The summed E-state index contributed by atoms with van der Waals surface area (Å²) in [5, 5.41) is 4.78. The molecule has 1 aromatic heterocycles. The number of ether oxygens (including phenoxy) is 2. The van der Waals surface area contributed by atoms with E-state index >= 15 is 0 Å². The molecular formula is C29H27Cl2N3O5S. The second kappa shape index (κ2) is 12.3. The van der Waals surface area contributed by atoms with Crippen molar-refractivity contribution in [3.8, 4) is 11.5 Å². The fourth-order valence-electron chi connectivity index (χ4n) is 4.48. The van der Waals surface area contributed by atoms with E-state index in [1.807, 2.05) is 23.1 Å². The maximum atomic E-state index is 13.7. The molecule has 8 nitrogen and oxygen atoms in total. The van der Waals surface area contributed by atoms with Crippen molar-refractivity contribution in [1.29, 1.82) is 0 Å². The van der Waals surface area contributed by atoms with E-state index in [1.54, 1.807) is 24.4 Å². The van der Waals surface area contributed by atoms with Gasteiger partial charge in [-0.05, 0) is 61.1 Å². The lowest BCUT2D eigenvalue weighted by atomic mass is 10.1. The van der Waals surface area contributed by atoms with Crippen LogP contribution in [-0.2, 0) is 14.3 Å². The number of carbonyl (C=O) groups is 3. The first-order valence-electron chi connectivity index (χ1n) is 12.9. The van der Waals surface area contributed by atoms with Crippen LogP contribution in [0.4, 0.5) is 11.4 Å². The van der Waals surface area contributed by atoms with Crippen LogP contribution in [-0.4, -0.2) is 50.1 Å². The van der Waals surface area contributed by atoms with E-state index in [0.29, 0.717) is 33.8 Å². The highest BCUT2D eigenvalue weighted by Crippen LogP contribution is 2.42. The van der Waals surface area contributed by atoms with Crippen molar-refractivity contribution >= 4 is 69.8 Å². The number of rotatable bonds is 9. The van der Waals surface area contributed by atoms with Crippen LogP contribution in [0.2, 0.25) is 10.0 Å². The van der Waals surface area contributed by atoms with E-state index in [-0.39, 0.29) is 29.8 Å². The minimum absolute atomic E-state index is 0.136. The van der Waals surface area contributed by atoms with Crippen LogP contribution in [0.3, 0.4) is 0 Å². The number of nitrogens with one attached hydrogen (secondary N) is 1. The van der Waals surface area contributed by atoms with Gasteiger partial charge in [0, 0.05) is 31.3 Å². The molecule has 1 aliphatic carbocycles. The third-order valence-corrected chi connectivity index (χ3v) is 8.01. The summed E-state index contributed by atoms with van der Waals surface area (Å²) < 4.78 is 10.9. The summed E-state index contributed by atoms with van der Waals surface area (Å²) in [6, 6.07) is 13.4. The lowest BCUT2D eigenvalue weighted by Crippen LogP contribution is -2.44. The fraction of sp³-hybridized carbons (Fsp3) is 0.276. The number of fused-ring (bicyclic) bond motifs is 1. The quantitative estimate of drug-likeness (QED) is 0.234. The highest BCUT2D eigenvalue weighted by Gasteiger charge is 2.36. The van der Waals surface area contributed by atoms with E-state index in [4.69, 9.17) is 32.7 Å². The zero-order chi connectivity index (χ0) is 28.2. The van der Waals surface area contributed by atoms with Gasteiger partial charge in [0.15, 0.2) is 5.75 Å². The summed E-state index contributed by atoms with van der Waals surface area (Å²) in [5.74, 6) is -0.480. The van der Waals surface area contributed by atoms with Crippen molar-refractivity contribution in [3.63, 3.8) is 0 Å². The van der Waals surface area contributed by atoms with Crippen molar-refractivity contribution in [3.05, 3.63) is 74.4 Å². The van der Waals surface area contributed by atoms with E-state index in [1.165, 1.54) is 42.4 Å². The molecule has 1 saturated carbocycles. The van der Waals surface area contributed by atoms with Crippen molar-refractivity contribution in [2.75, 3.05) is 36.0 Å². The van der Waals surface area contributed by atoms with Crippen LogP contribution in [0.1, 0.15) is 35.0 Å². The van der Waals surface area contributed by atoms with Gasteiger partial charge in [0.2, 0.25) is 5.91 Å². The van der Waals surface area contributed by atoms with Gasteiger partial charge in [0.05, 0.1) is 28.0 Å². The molecule has 0 spiro atoms. The lowest BCUT2D eigenvalue weighted by molar-refractivity contribution is -0.143. The van der Waals surface area contributed by atoms with Crippen LogP contribution in [0.5, 0.6) is 11.5 Å². The average molecular weight is 601 g/mol. The van der Waals surface area contributed by atoms with Gasteiger partial charge in [-0.2, -0.15) is 0 Å². The monoisotopic (exact) mass is 599 g/mol. The van der Waals surface area contributed by atoms with Crippen molar-refractivity contribution in [2.24, 2.45) is 0 Å².